The van der Waals surface area contributed by atoms with E-state index in [2.05, 4.69) is 0 Å². The van der Waals surface area contributed by atoms with Crippen LogP contribution in [0.5, 0.6) is 0 Å². The summed E-state index contributed by atoms with van der Waals surface area (Å²) < 4.78 is 16.2. The molecule has 0 aliphatic carbocycles. The molecule has 1 unspecified atom stereocenters. The highest BCUT2D eigenvalue weighted by molar-refractivity contribution is 5.66. The Bertz CT molecular complexity index is 259. The highest BCUT2D eigenvalue weighted by Crippen LogP contribution is 2.30. The molecule has 0 aromatic rings. The van der Waals surface area contributed by atoms with Crippen molar-refractivity contribution >= 4 is 5.97 Å². The number of ether oxygens (including phenoxy) is 3. The van der Waals surface area contributed by atoms with Crippen LogP contribution in [0.15, 0.2) is 0 Å². The number of rotatable bonds is 8. The summed E-state index contributed by atoms with van der Waals surface area (Å²) in [5, 5.41) is 18.3. The minimum Gasteiger partial charge on any atom is -0.481 e. The van der Waals surface area contributed by atoms with Crippen LogP contribution in [0.2, 0.25) is 0 Å². The molecule has 1 aliphatic rings. The summed E-state index contributed by atoms with van der Waals surface area (Å²) >= 11 is 0. The van der Waals surface area contributed by atoms with E-state index in [4.69, 9.17) is 19.3 Å². The number of hydrogen-bond donors (Lipinski definition) is 2. The van der Waals surface area contributed by atoms with Crippen molar-refractivity contribution in [1.29, 1.82) is 0 Å². The van der Waals surface area contributed by atoms with Crippen molar-refractivity contribution in [2.24, 2.45) is 0 Å². The van der Waals surface area contributed by atoms with Crippen LogP contribution in [0.4, 0.5) is 0 Å². The second-order valence-corrected chi connectivity index (χ2v) is 4.68. The van der Waals surface area contributed by atoms with Crippen LogP contribution in [-0.4, -0.2) is 47.6 Å². The van der Waals surface area contributed by atoms with Gasteiger partial charge in [0, 0.05) is 19.3 Å². The Morgan fingerprint density at radius 2 is 1.94 bits per heavy atom. The molecule has 1 aliphatic heterocycles. The van der Waals surface area contributed by atoms with E-state index in [1.165, 1.54) is 0 Å². The van der Waals surface area contributed by atoms with Gasteiger partial charge in [-0.2, -0.15) is 0 Å². The Hall–Kier alpha value is -0.690. The molecule has 106 valence electrons. The lowest BCUT2D eigenvalue weighted by Gasteiger charge is -2.28. The first-order valence-electron chi connectivity index (χ1n) is 6.27. The molecule has 18 heavy (non-hydrogen) atoms. The molecule has 1 heterocycles. The van der Waals surface area contributed by atoms with Crippen molar-refractivity contribution in [3.63, 3.8) is 0 Å². The van der Waals surface area contributed by atoms with Gasteiger partial charge in [-0.25, -0.2) is 0 Å². The maximum atomic E-state index is 10.6. The molecule has 1 saturated heterocycles. The van der Waals surface area contributed by atoms with E-state index >= 15 is 0 Å². The van der Waals surface area contributed by atoms with Crippen LogP contribution < -0.4 is 0 Å². The van der Waals surface area contributed by atoms with E-state index in [9.17, 15) is 9.90 Å². The molecule has 1 rings (SSSR count). The van der Waals surface area contributed by atoms with Crippen molar-refractivity contribution in [3.8, 4) is 0 Å². The number of hydrogen-bond acceptors (Lipinski definition) is 5. The summed E-state index contributed by atoms with van der Waals surface area (Å²) in [6.07, 6.45) is 0.129. The van der Waals surface area contributed by atoms with Gasteiger partial charge in [-0.1, -0.05) is 0 Å². The van der Waals surface area contributed by atoms with E-state index in [1.807, 2.05) is 13.8 Å². The minimum absolute atomic E-state index is 0.0128. The van der Waals surface area contributed by atoms with Crippen LogP contribution in [-0.2, 0) is 19.0 Å². The van der Waals surface area contributed by atoms with Crippen LogP contribution in [0.3, 0.4) is 0 Å². The van der Waals surface area contributed by atoms with Crippen LogP contribution in [0, 0.1) is 0 Å². The molecule has 0 amide bonds. The molecule has 0 aromatic carbocycles. The van der Waals surface area contributed by atoms with Gasteiger partial charge in [0.2, 0.25) is 0 Å². The molecule has 6 heteroatoms. The average molecular weight is 262 g/mol. The largest absolute Gasteiger partial charge is 0.481 e. The third-order valence-electron chi connectivity index (χ3n) is 2.73. The van der Waals surface area contributed by atoms with E-state index < -0.39 is 18.0 Å². The normalized spacial score (nSPS) is 20.2. The topological polar surface area (TPSA) is 85.2 Å². The molecule has 0 bridgehead atoms. The SMILES string of the molecule is CC(C)OC(O)CCC1(CCC(=O)O)OCCO1. The highest BCUT2D eigenvalue weighted by Gasteiger charge is 2.37. The van der Waals surface area contributed by atoms with Gasteiger partial charge < -0.3 is 24.4 Å². The number of carboxylic acid groups (broad SMARTS) is 1. The summed E-state index contributed by atoms with van der Waals surface area (Å²) in [7, 11) is 0. The molecule has 2 N–H and O–H groups in total. The summed E-state index contributed by atoms with van der Waals surface area (Å²) in [4.78, 5) is 10.6. The van der Waals surface area contributed by atoms with E-state index in [0.717, 1.165) is 0 Å². The Morgan fingerprint density at radius 1 is 1.33 bits per heavy atom. The van der Waals surface area contributed by atoms with Crippen molar-refractivity contribution in [3.05, 3.63) is 0 Å². The number of carbonyl (C=O) groups is 1. The number of aliphatic hydroxyl groups is 1. The van der Waals surface area contributed by atoms with Crippen molar-refractivity contribution in [2.45, 2.75) is 57.7 Å². The standard InChI is InChI=1S/C12H22O6/c1-9(2)18-11(15)4-6-12(5-3-10(13)14)16-7-8-17-12/h9,11,15H,3-8H2,1-2H3,(H,13,14). The lowest BCUT2D eigenvalue weighted by Crippen LogP contribution is -2.33. The summed E-state index contributed by atoms with van der Waals surface area (Å²) in [5.74, 6) is -1.76. The molecule has 1 fully saturated rings. The van der Waals surface area contributed by atoms with E-state index in [1.54, 1.807) is 0 Å². The molecule has 0 spiro atoms. The first-order chi connectivity index (χ1) is 8.43. The number of carboxylic acids is 1. The van der Waals surface area contributed by atoms with Crippen molar-refractivity contribution in [1.82, 2.24) is 0 Å². The molecule has 0 radical (unpaired) electrons. The fourth-order valence-corrected chi connectivity index (χ4v) is 1.93. The van der Waals surface area contributed by atoms with Gasteiger partial charge in [-0.15, -0.1) is 0 Å². The average Bonchev–Trinajstić information content (AvgIpc) is 2.72. The zero-order chi connectivity index (χ0) is 13.6. The lowest BCUT2D eigenvalue weighted by molar-refractivity contribution is -0.192. The molecule has 6 nitrogen and oxygen atoms in total. The fraction of sp³-hybridized carbons (Fsp3) is 0.917. The molecule has 1 atom stereocenters. The summed E-state index contributed by atoms with van der Waals surface area (Å²) in [5.41, 5.74) is 0. The monoisotopic (exact) mass is 262 g/mol. The third kappa shape index (κ3) is 5.30. The molecule has 0 saturated carbocycles. The Balaban J connectivity index is 2.40. The maximum Gasteiger partial charge on any atom is 0.303 e. The smallest absolute Gasteiger partial charge is 0.303 e. The summed E-state index contributed by atoms with van der Waals surface area (Å²) in [6.45, 7) is 4.60. The second kappa shape index (κ2) is 7.04. The first-order valence-corrected chi connectivity index (χ1v) is 6.27. The quantitative estimate of drug-likeness (QED) is 0.637. The first kappa shape index (κ1) is 15.4. The maximum absolute atomic E-state index is 10.6. The number of aliphatic hydroxyl groups excluding tert-OH is 1. The van der Waals surface area contributed by atoms with Gasteiger partial charge in [-0.05, 0) is 13.8 Å². The predicted octanol–water partition coefficient (Wildman–Crippen LogP) is 1.12. The zero-order valence-electron chi connectivity index (χ0n) is 10.9. The van der Waals surface area contributed by atoms with Gasteiger partial charge in [0.15, 0.2) is 12.1 Å². The summed E-state index contributed by atoms with van der Waals surface area (Å²) in [6, 6.07) is 0. The fourth-order valence-electron chi connectivity index (χ4n) is 1.93. The highest BCUT2D eigenvalue weighted by atomic mass is 16.7. The second-order valence-electron chi connectivity index (χ2n) is 4.68. The van der Waals surface area contributed by atoms with Gasteiger partial charge in [0.1, 0.15) is 0 Å². The molecular weight excluding hydrogens is 240 g/mol. The van der Waals surface area contributed by atoms with E-state index in [0.29, 0.717) is 26.1 Å². The Morgan fingerprint density at radius 3 is 2.44 bits per heavy atom. The predicted molar refractivity (Wildman–Crippen MR) is 63.0 cm³/mol. The zero-order valence-corrected chi connectivity index (χ0v) is 10.9. The van der Waals surface area contributed by atoms with Gasteiger partial charge in [0.05, 0.1) is 25.7 Å². The lowest BCUT2D eigenvalue weighted by atomic mass is 10.0. The molecule has 0 aromatic heterocycles. The Labute approximate surface area is 107 Å². The van der Waals surface area contributed by atoms with Gasteiger partial charge in [-0.3, -0.25) is 4.79 Å². The van der Waals surface area contributed by atoms with Gasteiger partial charge in [0.25, 0.3) is 0 Å². The van der Waals surface area contributed by atoms with E-state index in [-0.39, 0.29) is 18.9 Å². The van der Waals surface area contributed by atoms with Crippen LogP contribution in [0.1, 0.15) is 39.5 Å². The van der Waals surface area contributed by atoms with Crippen molar-refractivity contribution in [2.75, 3.05) is 13.2 Å². The van der Waals surface area contributed by atoms with Crippen LogP contribution >= 0.6 is 0 Å². The minimum atomic E-state index is -0.882. The van der Waals surface area contributed by atoms with Crippen molar-refractivity contribution < 1.29 is 29.2 Å². The third-order valence-corrected chi connectivity index (χ3v) is 2.73. The van der Waals surface area contributed by atoms with Crippen LogP contribution in [0.25, 0.3) is 0 Å². The molecular formula is C12H22O6. The Kier molecular flexibility index (Phi) is 6.01. The van der Waals surface area contributed by atoms with Gasteiger partial charge >= 0.3 is 5.97 Å². The number of aliphatic carboxylic acids is 1.